The SMILES string of the molecule is N#C[C](C#N)C([Si])([Si])[C](C#N)C#N. The summed E-state index contributed by atoms with van der Waals surface area (Å²) < 4.78 is -1.47. The van der Waals surface area contributed by atoms with Crippen molar-refractivity contribution in [3.63, 3.8) is 0 Å². The summed E-state index contributed by atoms with van der Waals surface area (Å²) in [4.78, 5) is 0. The third-order valence-corrected chi connectivity index (χ3v) is 2.20. The average molecular weight is 196 g/mol. The molecule has 6 heteroatoms. The summed E-state index contributed by atoms with van der Waals surface area (Å²) in [6, 6.07) is 6.31. The molecule has 0 aliphatic heterocycles. The molecule has 0 aromatic carbocycles. The third-order valence-electron chi connectivity index (χ3n) is 1.20. The van der Waals surface area contributed by atoms with Gasteiger partial charge in [-0.05, 0) is 0 Å². The molecule has 4 nitrogen and oxygen atoms in total. The lowest BCUT2D eigenvalue weighted by atomic mass is 9.96. The van der Waals surface area contributed by atoms with Crippen LogP contribution in [0.2, 0.25) is 4.66 Å². The highest BCUT2D eigenvalue weighted by Crippen LogP contribution is 2.38. The molecule has 0 atom stereocenters. The Hall–Kier alpha value is -1.61. The van der Waals surface area contributed by atoms with E-state index < -0.39 is 4.66 Å². The fourth-order valence-corrected chi connectivity index (χ4v) is 0.958. The first-order valence-electron chi connectivity index (χ1n) is 2.89. The Kier molecular flexibility index (Phi) is 3.88. The van der Waals surface area contributed by atoms with Gasteiger partial charge in [-0.3, -0.25) is 0 Å². The van der Waals surface area contributed by atoms with E-state index in [1.807, 2.05) is 0 Å². The lowest BCUT2D eigenvalue weighted by molar-refractivity contribution is 0.947. The van der Waals surface area contributed by atoms with Crippen LogP contribution in [-0.2, 0) is 0 Å². The first kappa shape index (κ1) is 11.4. The van der Waals surface area contributed by atoms with Crippen LogP contribution < -0.4 is 0 Å². The van der Waals surface area contributed by atoms with Crippen molar-refractivity contribution in [3.8, 4) is 24.3 Å². The lowest BCUT2D eigenvalue weighted by Crippen LogP contribution is -2.27. The Balaban J connectivity index is 5.02. The molecule has 0 heterocycles. The lowest BCUT2D eigenvalue weighted by Gasteiger charge is -2.23. The van der Waals surface area contributed by atoms with Crippen LogP contribution in [0.15, 0.2) is 0 Å². The molecule has 0 N–H and O–H groups in total. The van der Waals surface area contributed by atoms with Crippen LogP contribution in [0.4, 0.5) is 0 Å². The second-order valence-corrected chi connectivity index (χ2v) is 3.95. The van der Waals surface area contributed by atoms with Crippen LogP contribution in [0.1, 0.15) is 0 Å². The van der Waals surface area contributed by atoms with Crippen LogP contribution in [0.5, 0.6) is 0 Å². The van der Waals surface area contributed by atoms with Crippen LogP contribution >= 0.6 is 0 Å². The average Bonchev–Trinajstić information content (AvgIpc) is 2.07. The largest absolute Gasteiger partial charge is 0.196 e. The van der Waals surface area contributed by atoms with Gasteiger partial charge in [0, 0.05) is 25.1 Å². The fourth-order valence-electron chi connectivity index (χ4n) is 0.510. The molecular formula is C7N4Si2. The normalized spacial score (nSPS) is 9.85. The maximum absolute atomic E-state index is 8.50. The van der Waals surface area contributed by atoms with E-state index in [1.165, 1.54) is 0 Å². The van der Waals surface area contributed by atoms with E-state index >= 15 is 0 Å². The second-order valence-electron chi connectivity index (χ2n) is 1.95. The first-order chi connectivity index (χ1) is 6.04. The van der Waals surface area contributed by atoms with Gasteiger partial charge >= 0.3 is 0 Å². The summed E-state index contributed by atoms with van der Waals surface area (Å²) in [5.74, 6) is -0.613. The van der Waals surface area contributed by atoms with Gasteiger partial charge in [0.05, 0.1) is 24.3 Å². The van der Waals surface area contributed by atoms with Gasteiger partial charge in [0.2, 0.25) is 0 Å². The molecule has 0 saturated carbocycles. The minimum atomic E-state index is -1.47. The van der Waals surface area contributed by atoms with Gasteiger partial charge in [0.25, 0.3) is 0 Å². The molecule has 56 valence electrons. The van der Waals surface area contributed by atoms with Crippen molar-refractivity contribution in [2.24, 2.45) is 0 Å². The minimum absolute atomic E-state index is 0.307. The van der Waals surface area contributed by atoms with Crippen LogP contribution in [0.25, 0.3) is 0 Å². The predicted molar refractivity (Wildman–Crippen MR) is 43.1 cm³/mol. The van der Waals surface area contributed by atoms with E-state index in [9.17, 15) is 0 Å². The zero-order valence-electron chi connectivity index (χ0n) is 6.29. The standard InChI is InChI=1S/C7N4Si2/c8-1-5(2-9)7(12,13)6(3-10)4-11. The number of hydrogen-bond acceptors (Lipinski definition) is 4. The zero-order valence-corrected chi connectivity index (χ0v) is 8.29. The molecule has 0 aromatic rings. The summed E-state index contributed by atoms with van der Waals surface area (Å²) >= 11 is 0. The quantitative estimate of drug-likeness (QED) is 0.565. The highest BCUT2D eigenvalue weighted by atomic mass is 28.2. The molecule has 0 amide bonds. The van der Waals surface area contributed by atoms with Crippen molar-refractivity contribution >= 4 is 20.5 Å². The summed E-state index contributed by atoms with van der Waals surface area (Å²) in [5.41, 5.74) is 0. The highest BCUT2D eigenvalue weighted by Gasteiger charge is 2.40. The summed E-state index contributed by atoms with van der Waals surface area (Å²) in [5, 5.41) is 34.0. The van der Waals surface area contributed by atoms with Gasteiger partial charge in [0.15, 0.2) is 11.8 Å². The van der Waals surface area contributed by atoms with Gasteiger partial charge in [-0.2, -0.15) is 21.0 Å². The maximum atomic E-state index is 8.50. The molecule has 0 saturated heterocycles. The minimum Gasteiger partial charge on any atom is -0.196 e. The molecule has 0 spiro atoms. The van der Waals surface area contributed by atoms with Crippen molar-refractivity contribution in [1.29, 1.82) is 21.0 Å². The molecule has 13 heavy (non-hydrogen) atoms. The van der Waals surface area contributed by atoms with Gasteiger partial charge in [-0.25, -0.2) is 0 Å². The molecule has 0 aliphatic rings. The van der Waals surface area contributed by atoms with Gasteiger partial charge in [-0.1, -0.05) is 0 Å². The summed E-state index contributed by atoms with van der Waals surface area (Å²) in [6.45, 7) is 0. The van der Waals surface area contributed by atoms with E-state index in [0.29, 0.717) is 0 Å². The maximum Gasteiger partial charge on any atom is 0.177 e. The Morgan fingerprint density at radius 3 is 1.15 bits per heavy atom. The van der Waals surface area contributed by atoms with Crippen molar-refractivity contribution in [2.45, 2.75) is 4.66 Å². The first-order valence-corrected chi connectivity index (χ1v) is 3.89. The molecule has 0 aromatic heterocycles. The monoisotopic (exact) mass is 196 g/mol. The molecule has 0 aliphatic carbocycles. The van der Waals surface area contributed by atoms with Crippen molar-refractivity contribution < 1.29 is 0 Å². The Morgan fingerprint density at radius 1 is 0.769 bits per heavy atom. The number of rotatable bonds is 2. The molecule has 0 fully saturated rings. The van der Waals surface area contributed by atoms with Gasteiger partial charge in [0.1, 0.15) is 0 Å². The summed E-state index contributed by atoms with van der Waals surface area (Å²) in [7, 11) is 5.92. The molecule has 8 radical (unpaired) electrons. The summed E-state index contributed by atoms with van der Waals surface area (Å²) in [6.07, 6.45) is 0. The Labute approximate surface area is 82.8 Å². The zero-order chi connectivity index (χ0) is 10.5. The third kappa shape index (κ3) is 2.16. The molecule has 0 unspecified atom stereocenters. The number of hydrogen-bond donors (Lipinski definition) is 0. The van der Waals surface area contributed by atoms with E-state index in [0.717, 1.165) is 0 Å². The Morgan fingerprint density at radius 2 is 1.00 bits per heavy atom. The second kappa shape index (κ2) is 4.43. The van der Waals surface area contributed by atoms with E-state index in [-0.39, 0.29) is 11.8 Å². The molecular weight excluding hydrogens is 196 g/mol. The van der Waals surface area contributed by atoms with Gasteiger partial charge in [-0.15, -0.1) is 0 Å². The van der Waals surface area contributed by atoms with Crippen molar-refractivity contribution in [3.05, 3.63) is 11.8 Å². The van der Waals surface area contributed by atoms with Gasteiger partial charge < -0.3 is 0 Å². The number of nitrogens with zero attached hydrogens (tertiary/aromatic N) is 4. The van der Waals surface area contributed by atoms with Crippen LogP contribution in [0, 0.1) is 57.2 Å². The smallest absolute Gasteiger partial charge is 0.177 e. The van der Waals surface area contributed by atoms with Crippen LogP contribution in [0.3, 0.4) is 0 Å². The number of nitriles is 4. The van der Waals surface area contributed by atoms with Crippen molar-refractivity contribution in [1.82, 2.24) is 0 Å². The van der Waals surface area contributed by atoms with E-state index in [1.54, 1.807) is 24.3 Å². The van der Waals surface area contributed by atoms with E-state index in [4.69, 9.17) is 21.0 Å². The van der Waals surface area contributed by atoms with Crippen molar-refractivity contribution in [2.75, 3.05) is 0 Å². The predicted octanol–water partition coefficient (Wildman–Crippen LogP) is -0.317. The van der Waals surface area contributed by atoms with Crippen LogP contribution in [-0.4, -0.2) is 20.5 Å². The highest BCUT2D eigenvalue weighted by molar-refractivity contribution is 6.44. The topological polar surface area (TPSA) is 95.2 Å². The fraction of sp³-hybridized carbons (Fsp3) is 0.143. The molecule has 0 rings (SSSR count). The molecule has 0 bridgehead atoms. The Bertz CT molecular complexity index is 287. The van der Waals surface area contributed by atoms with E-state index in [2.05, 4.69) is 20.5 Å².